The zero-order valence-corrected chi connectivity index (χ0v) is 11.7. The van der Waals surface area contributed by atoms with Crippen LogP contribution in [-0.2, 0) is 11.2 Å². The molecule has 0 bridgehead atoms. The van der Waals surface area contributed by atoms with Crippen molar-refractivity contribution in [1.82, 2.24) is 5.32 Å². The van der Waals surface area contributed by atoms with Crippen LogP contribution in [0.4, 0.5) is 5.69 Å². The van der Waals surface area contributed by atoms with Crippen molar-refractivity contribution in [3.8, 4) is 5.75 Å². The Morgan fingerprint density at radius 2 is 1.90 bits per heavy atom. The highest BCUT2D eigenvalue weighted by molar-refractivity contribution is 5.83. The Morgan fingerprint density at radius 3 is 2.76 bits per heavy atom. The first-order valence-electron chi connectivity index (χ1n) is 7.14. The second kappa shape index (κ2) is 6.31. The number of nitrogens with one attached hydrogen (secondary N) is 2. The van der Waals surface area contributed by atoms with E-state index in [1.165, 1.54) is 5.56 Å². The summed E-state index contributed by atoms with van der Waals surface area (Å²) in [6.07, 6.45) is 0.347. The second-order valence-electron chi connectivity index (χ2n) is 5.01. The van der Waals surface area contributed by atoms with Crippen LogP contribution in [0.25, 0.3) is 0 Å². The number of ether oxygens (including phenoxy) is 1. The van der Waals surface area contributed by atoms with Crippen LogP contribution in [0.15, 0.2) is 54.6 Å². The van der Waals surface area contributed by atoms with Crippen molar-refractivity contribution < 1.29 is 9.53 Å². The lowest BCUT2D eigenvalue weighted by Gasteiger charge is -2.26. The Kier molecular flexibility index (Phi) is 4.05. The van der Waals surface area contributed by atoms with Crippen LogP contribution in [0.1, 0.15) is 5.56 Å². The van der Waals surface area contributed by atoms with Crippen LogP contribution in [0.3, 0.4) is 0 Å². The summed E-state index contributed by atoms with van der Waals surface area (Å²) in [5.41, 5.74) is 2.15. The molecule has 0 saturated heterocycles. The number of amides is 1. The molecule has 1 aliphatic heterocycles. The van der Waals surface area contributed by atoms with Crippen molar-refractivity contribution in [3.63, 3.8) is 0 Å². The number of hydrogen-bond acceptors (Lipinski definition) is 3. The van der Waals surface area contributed by atoms with Crippen LogP contribution >= 0.6 is 0 Å². The van der Waals surface area contributed by atoms with E-state index >= 15 is 0 Å². The average molecular weight is 282 g/mol. The predicted molar refractivity (Wildman–Crippen MR) is 82.5 cm³/mol. The molecule has 3 rings (SSSR count). The van der Waals surface area contributed by atoms with Gasteiger partial charge < -0.3 is 15.4 Å². The third-order valence-corrected chi connectivity index (χ3v) is 3.48. The minimum Gasteiger partial charge on any atom is -0.477 e. The average Bonchev–Trinajstić information content (AvgIpc) is 2.55. The van der Waals surface area contributed by atoms with Gasteiger partial charge in [0.1, 0.15) is 5.75 Å². The molecule has 1 heterocycles. The molecule has 0 spiro atoms. The number of para-hydroxylation sites is 2. The third-order valence-electron chi connectivity index (χ3n) is 3.48. The molecule has 4 heteroatoms. The van der Waals surface area contributed by atoms with Crippen LogP contribution in [-0.4, -0.2) is 25.1 Å². The summed E-state index contributed by atoms with van der Waals surface area (Å²) in [6.45, 7) is 1.11. The van der Waals surface area contributed by atoms with Gasteiger partial charge in [-0.25, -0.2) is 0 Å². The molecular formula is C17H18N2O2. The van der Waals surface area contributed by atoms with Crippen molar-refractivity contribution >= 4 is 11.6 Å². The monoisotopic (exact) mass is 282 g/mol. The molecule has 1 atom stereocenters. The Morgan fingerprint density at radius 1 is 1.14 bits per heavy atom. The summed E-state index contributed by atoms with van der Waals surface area (Å²) in [6, 6.07) is 17.8. The van der Waals surface area contributed by atoms with E-state index < -0.39 is 6.10 Å². The minimum absolute atomic E-state index is 0.0760. The first-order chi connectivity index (χ1) is 10.3. The second-order valence-corrected chi connectivity index (χ2v) is 5.01. The lowest BCUT2D eigenvalue weighted by molar-refractivity contribution is -0.127. The van der Waals surface area contributed by atoms with Gasteiger partial charge in [0.2, 0.25) is 0 Å². The van der Waals surface area contributed by atoms with E-state index in [9.17, 15) is 4.79 Å². The molecule has 0 saturated carbocycles. The fourth-order valence-corrected chi connectivity index (χ4v) is 2.35. The maximum Gasteiger partial charge on any atom is 0.262 e. The smallest absolute Gasteiger partial charge is 0.262 e. The van der Waals surface area contributed by atoms with Crippen LogP contribution in [0.2, 0.25) is 0 Å². The quantitative estimate of drug-likeness (QED) is 0.904. The number of fused-ring (bicyclic) bond motifs is 1. The standard InChI is InChI=1S/C17H18N2O2/c20-17(18-11-10-13-6-2-1-3-7-13)16-12-19-14-8-4-5-9-15(14)21-16/h1-9,16,19H,10-12H2,(H,18,20). The summed E-state index contributed by atoms with van der Waals surface area (Å²) in [4.78, 5) is 12.1. The molecule has 4 nitrogen and oxygen atoms in total. The highest BCUT2D eigenvalue weighted by Crippen LogP contribution is 2.28. The number of carbonyl (C=O) groups is 1. The van der Waals surface area contributed by atoms with Crippen LogP contribution in [0.5, 0.6) is 5.75 Å². The maximum absolute atomic E-state index is 12.1. The largest absolute Gasteiger partial charge is 0.477 e. The van der Waals surface area contributed by atoms with Gasteiger partial charge in [-0.2, -0.15) is 0 Å². The van der Waals surface area contributed by atoms with E-state index in [0.717, 1.165) is 17.9 Å². The predicted octanol–water partition coefficient (Wildman–Crippen LogP) is 2.22. The SMILES string of the molecule is O=C(NCCc1ccccc1)C1CNc2ccccc2O1. The summed E-state index contributed by atoms with van der Waals surface area (Å²) in [7, 11) is 0. The van der Waals surface area contributed by atoms with Gasteiger partial charge in [0, 0.05) is 6.54 Å². The number of carbonyl (C=O) groups excluding carboxylic acids is 1. The van der Waals surface area contributed by atoms with Crippen molar-refractivity contribution in [2.75, 3.05) is 18.4 Å². The number of hydrogen-bond donors (Lipinski definition) is 2. The fraction of sp³-hybridized carbons (Fsp3) is 0.235. The lowest BCUT2D eigenvalue weighted by Crippen LogP contribution is -2.45. The highest BCUT2D eigenvalue weighted by atomic mass is 16.5. The molecule has 1 unspecified atom stereocenters. The molecule has 1 amide bonds. The van der Waals surface area contributed by atoms with Gasteiger partial charge in [0.05, 0.1) is 12.2 Å². The number of rotatable bonds is 4. The molecule has 0 fully saturated rings. The minimum atomic E-state index is -0.476. The zero-order valence-electron chi connectivity index (χ0n) is 11.7. The Hall–Kier alpha value is -2.49. The normalized spacial score (nSPS) is 16.3. The van der Waals surface area contributed by atoms with Gasteiger partial charge in [-0.15, -0.1) is 0 Å². The zero-order chi connectivity index (χ0) is 14.5. The number of anilines is 1. The molecular weight excluding hydrogens is 264 g/mol. The Labute approximate surface area is 124 Å². The van der Waals surface area contributed by atoms with Crippen molar-refractivity contribution in [2.45, 2.75) is 12.5 Å². The van der Waals surface area contributed by atoms with E-state index in [2.05, 4.69) is 22.8 Å². The van der Waals surface area contributed by atoms with E-state index in [0.29, 0.717) is 13.1 Å². The lowest BCUT2D eigenvalue weighted by atomic mass is 10.1. The van der Waals surface area contributed by atoms with Crippen LogP contribution < -0.4 is 15.4 Å². The van der Waals surface area contributed by atoms with Gasteiger partial charge in [-0.05, 0) is 24.1 Å². The molecule has 0 aliphatic carbocycles. The van der Waals surface area contributed by atoms with E-state index in [1.54, 1.807) is 0 Å². The maximum atomic E-state index is 12.1. The summed E-state index contributed by atoms with van der Waals surface area (Å²) < 4.78 is 5.72. The van der Waals surface area contributed by atoms with E-state index in [1.807, 2.05) is 42.5 Å². The van der Waals surface area contributed by atoms with E-state index in [4.69, 9.17) is 4.74 Å². The van der Waals surface area contributed by atoms with Crippen molar-refractivity contribution in [3.05, 3.63) is 60.2 Å². The van der Waals surface area contributed by atoms with Gasteiger partial charge in [0.15, 0.2) is 6.10 Å². The first kappa shape index (κ1) is 13.5. The first-order valence-corrected chi connectivity index (χ1v) is 7.14. The molecule has 21 heavy (non-hydrogen) atoms. The summed E-state index contributed by atoms with van der Waals surface area (Å²) >= 11 is 0. The highest BCUT2D eigenvalue weighted by Gasteiger charge is 2.25. The van der Waals surface area contributed by atoms with Crippen molar-refractivity contribution in [1.29, 1.82) is 0 Å². The van der Waals surface area contributed by atoms with Crippen molar-refractivity contribution in [2.24, 2.45) is 0 Å². The van der Waals surface area contributed by atoms with Gasteiger partial charge in [-0.1, -0.05) is 42.5 Å². The third kappa shape index (κ3) is 3.34. The van der Waals surface area contributed by atoms with Gasteiger partial charge >= 0.3 is 0 Å². The fourth-order valence-electron chi connectivity index (χ4n) is 2.35. The summed E-state index contributed by atoms with van der Waals surface area (Å²) in [5.74, 6) is 0.653. The van der Waals surface area contributed by atoms with Gasteiger partial charge in [-0.3, -0.25) is 4.79 Å². The summed E-state index contributed by atoms with van der Waals surface area (Å²) in [5, 5.41) is 6.14. The molecule has 1 aliphatic rings. The molecule has 0 radical (unpaired) electrons. The molecule has 0 aromatic heterocycles. The number of benzene rings is 2. The molecule has 2 aromatic carbocycles. The van der Waals surface area contributed by atoms with E-state index in [-0.39, 0.29) is 5.91 Å². The topological polar surface area (TPSA) is 50.4 Å². The Balaban J connectivity index is 1.50. The molecule has 2 N–H and O–H groups in total. The van der Waals surface area contributed by atoms with Crippen LogP contribution in [0, 0.1) is 0 Å². The van der Waals surface area contributed by atoms with Gasteiger partial charge in [0.25, 0.3) is 5.91 Å². The Bertz CT molecular complexity index is 613. The molecule has 108 valence electrons. The molecule has 2 aromatic rings.